The Bertz CT molecular complexity index is 596. The fourth-order valence-corrected chi connectivity index (χ4v) is 3.05. The number of nitrogens with one attached hydrogen (secondary N) is 2. The molecule has 4 nitrogen and oxygen atoms in total. The van der Waals surface area contributed by atoms with Crippen molar-refractivity contribution in [3.8, 4) is 0 Å². The second-order valence-corrected chi connectivity index (χ2v) is 6.33. The molecular formula is C19H28N2O2. The van der Waals surface area contributed by atoms with Gasteiger partial charge in [-0.25, -0.2) is 4.79 Å². The molecule has 0 bridgehead atoms. The van der Waals surface area contributed by atoms with Crippen LogP contribution in [-0.4, -0.2) is 19.1 Å². The highest BCUT2D eigenvalue weighted by atomic mass is 16.5. The van der Waals surface area contributed by atoms with Gasteiger partial charge in [0.05, 0.1) is 7.11 Å². The van der Waals surface area contributed by atoms with Crippen LogP contribution in [-0.2, 0) is 9.53 Å². The van der Waals surface area contributed by atoms with Gasteiger partial charge in [0.1, 0.15) is 0 Å². The van der Waals surface area contributed by atoms with Crippen molar-refractivity contribution in [2.75, 3.05) is 7.11 Å². The monoisotopic (exact) mass is 316 g/mol. The molecule has 126 valence electrons. The zero-order valence-electron chi connectivity index (χ0n) is 14.8. The van der Waals surface area contributed by atoms with E-state index in [1.54, 1.807) is 0 Å². The fourth-order valence-electron chi connectivity index (χ4n) is 3.05. The fraction of sp³-hybridized carbons (Fsp3) is 0.526. The van der Waals surface area contributed by atoms with Crippen molar-refractivity contribution in [2.45, 2.75) is 53.0 Å². The molecule has 0 radical (unpaired) electrons. The number of carbonyl (C=O) groups excluding carboxylic acids is 1. The summed E-state index contributed by atoms with van der Waals surface area (Å²) in [6, 6.07) is 0.371. The first-order valence-corrected chi connectivity index (χ1v) is 8.41. The van der Waals surface area contributed by atoms with E-state index in [1.807, 2.05) is 12.2 Å². The van der Waals surface area contributed by atoms with Gasteiger partial charge in [-0.05, 0) is 43.9 Å². The molecule has 0 saturated heterocycles. The summed E-state index contributed by atoms with van der Waals surface area (Å²) in [5.41, 5.74) is 5.45. The predicted molar refractivity (Wildman–Crippen MR) is 93.4 cm³/mol. The Morgan fingerprint density at radius 3 is 2.87 bits per heavy atom. The van der Waals surface area contributed by atoms with Crippen molar-refractivity contribution >= 4 is 5.97 Å². The third kappa shape index (κ3) is 3.87. The number of hydrogen-bond donors (Lipinski definition) is 2. The maximum atomic E-state index is 11.9. The van der Waals surface area contributed by atoms with Gasteiger partial charge in [-0.2, -0.15) is 0 Å². The van der Waals surface area contributed by atoms with Gasteiger partial charge in [-0.1, -0.05) is 19.9 Å². The van der Waals surface area contributed by atoms with Crippen molar-refractivity contribution in [3.05, 3.63) is 46.5 Å². The van der Waals surface area contributed by atoms with Crippen LogP contribution in [0.1, 0.15) is 47.0 Å². The molecule has 0 saturated carbocycles. The zero-order valence-corrected chi connectivity index (χ0v) is 14.8. The third-order valence-corrected chi connectivity index (χ3v) is 4.62. The third-order valence-electron chi connectivity index (χ3n) is 4.62. The van der Waals surface area contributed by atoms with E-state index in [0.29, 0.717) is 24.0 Å². The summed E-state index contributed by atoms with van der Waals surface area (Å²) >= 11 is 0. The topological polar surface area (TPSA) is 50.4 Å². The number of hydrogen-bond acceptors (Lipinski definition) is 4. The Kier molecular flexibility index (Phi) is 5.69. The van der Waals surface area contributed by atoms with Gasteiger partial charge in [0.2, 0.25) is 0 Å². The normalized spacial score (nSPS) is 22.5. The van der Waals surface area contributed by atoms with Crippen LogP contribution < -0.4 is 10.6 Å². The molecule has 0 aromatic heterocycles. The number of ether oxygens (including phenoxy) is 1. The Morgan fingerprint density at radius 2 is 2.26 bits per heavy atom. The van der Waals surface area contributed by atoms with Crippen LogP contribution >= 0.6 is 0 Å². The van der Waals surface area contributed by atoms with Gasteiger partial charge in [0.25, 0.3) is 0 Å². The van der Waals surface area contributed by atoms with Crippen LogP contribution in [0.25, 0.3) is 0 Å². The molecule has 0 spiro atoms. The van der Waals surface area contributed by atoms with E-state index in [-0.39, 0.29) is 5.97 Å². The van der Waals surface area contributed by atoms with E-state index in [1.165, 1.54) is 24.1 Å². The van der Waals surface area contributed by atoms with Crippen molar-refractivity contribution in [2.24, 2.45) is 5.92 Å². The van der Waals surface area contributed by atoms with Crippen molar-refractivity contribution in [1.29, 1.82) is 0 Å². The molecule has 2 rings (SSSR count). The number of fused-ring (bicyclic) bond motifs is 1. The van der Waals surface area contributed by atoms with Crippen LogP contribution in [0.5, 0.6) is 0 Å². The molecule has 1 aliphatic heterocycles. The molecule has 0 amide bonds. The van der Waals surface area contributed by atoms with Crippen LogP contribution in [0.3, 0.4) is 0 Å². The second kappa shape index (κ2) is 7.53. The lowest BCUT2D eigenvalue weighted by Gasteiger charge is -2.33. The average Bonchev–Trinajstić information content (AvgIpc) is 2.57. The Labute approximate surface area is 139 Å². The van der Waals surface area contributed by atoms with E-state index < -0.39 is 0 Å². The van der Waals surface area contributed by atoms with Gasteiger partial charge < -0.3 is 15.4 Å². The average molecular weight is 316 g/mol. The molecular weight excluding hydrogens is 288 g/mol. The predicted octanol–water partition coefficient (Wildman–Crippen LogP) is 3.55. The van der Waals surface area contributed by atoms with Crippen LogP contribution in [0.4, 0.5) is 0 Å². The van der Waals surface area contributed by atoms with Gasteiger partial charge in [0, 0.05) is 41.5 Å². The van der Waals surface area contributed by atoms with E-state index in [2.05, 4.69) is 44.4 Å². The smallest absolute Gasteiger partial charge is 0.334 e. The quantitative estimate of drug-likeness (QED) is 0.762. The molecule has 0 aromatic carbocycles. The van der Waals surface area contributed by atoms with Crippen LogP contribution in [0, 0.1) is 5.92 Å². The molecule has 2 aliphatic rings. The summed E-state index contributed by atoms with van der Waals surface area (Å²) < 4.78 is 4.87. The summed E-state index contributed by atoms with van der Waals surface area (Å²) in [6.07, 6.45) is 8.63. The van der Waals surface area contributed by atoms with E-state index in [9.17, 15) is 4.79 Å². The molecule has 0 fully saturated rings. The van der Waals surface area contributed by atoms with Crippen molar-refractivity contribution in [3.63, 3.8) is 0 Å². The molecule has 2 N–H and O–H groups in total. The van der Waals surface area contributed by atoms with E-state index in [0.717, 1.165) is 18.5 Å². The van der Waals surface area contributed by atoms with Gasteiger partial charge in [-0.3, -0.25) is 0 Å². The van der Waals surface area contributed by atoms with E-state index >= 15 is 0 Å². The second-order valence-electron chi connectivity index (χ2n) is 6.33. The summed E-state index contributed by atoms with van der Waals surface area (Å²) in [5.74, 6) is 0.240. The maximum absolute atomic E-state index is 11.9. The molecule has 2 unspecified atom stereocenters. The molecule has 2 atom stereocenters. The Balaban J connectivity index is 2.33. The lowest BCUT2D eigenvalue weighted by atomic mass is 9.89. The maximum Gasteiger partial charge on any atom is 0.334 e. The number of allylic oxidation sites excluding steroid dienone is 5. The minimum Gasteiger partial charge on any atom is -0.466 e. The number of rotatable bonds is 5. The Morgan fingerprint density at radius 1 is 1.52 bits per heavy atom. The summed E-state index contributed by atoms with van der Waals surface area (Å²) in [6.45, 7) is 8.68. The highest BCUT2D eigenvalue weighted by Crippen LogP contribution is 2.32. The first-order chi connectivity index (χ1) is 11.0. The SMILES string of the molecule is C/C=C(/NC1=C2CC(C(=O)OC)=CC=C2NC(C)C1)C(C)CC. The minimum absolute atomic E-state index is 0.251. The number of esters is 1. The summed E-state index contributed by atoms with van der Waals surface area (Å²) in [7, 11) is 1.43. The van der Waals surface area contributed by atoms with E-state index in [4.69, 9.17) is 4.74 Å². The number of carbonyl (C=O) groups is 1. The first kappa shape index (κ1) is 17.4. The number of methoxy groups -OCH3 is 1. The Hall–Kier alpha value is -1.97. The molecule has 23 heavy (non-hydrogen) atoms. The van der Waals surface area contributed by atoms with Gasteiger partial charge >= 0.3 is 5.97 Å². The van der Waals surface area contributed by atoms with Crippen LogP contribution in [0.2, 0.25) is 0 Å². The lowest BCUT2D eigenvalue weighted by molar-refractivity contribution is -0.136. The van der Waals surface area contributed by atoms with Gasteiger partial charge in [-0.15, -0.1) is 0 Å². The summed E-state index contributed by atoms with van der Waals surface area (Å²) in [4.78, 5) is 11.9. The molecule has 1 aliphatic carbocycles. The lowest BCUT2D eigenvalue weighted by Crippen LogP contribution is -2.37. The minimum atomic E-state index is -0.251. The van der Waals surface area contributed by atoms with Gasteiger partial charge in [0.15, 0.2) is 0 Å². The van der Waals surface area contributed by atoms with Crippen molar-refractivity contribution in [1.82, 2.24) is 10.6 Å². The highest BCUT2D eigenvalue weighted by Gasteiger charge is 2.27. The molecule has 4 heteroatoms. The zero-order chi connectivity index (χ0) is 17.0. The molecule has 0 aromatic rings. The largest absolute Gasteiger partial charge is 0.466 e. The summed E-state index contributed by atoms with van der Waals surface area (Å²) in [5, 5.41) is 7.15. The highest BCUT2D eigenvalue weighted by molar-refractivity contribution is 5.90. The standard InChI is InChI=1S/C19H28N2O2/c1-6-12(3)16(7-2)21-18-10-13(4)20-17-9-8-14(11-15(17)18)19(22)23-5/h7-9,12-13,20-21H,6,10-11H2,1-5H3/b16-7+. The van der Waals surface area contributed by atoms with Crippen LogP contribution in [0.15, 0.2) is 46.5 Å². The van der Waals surface area contributed by atoms with Crippen molar-refractivity contribution < 1.29 is 9.53 Å². The first-order valence-electron chi connectivity index (χ1n) is 8.41. The molecule has 1 heterocycles.